The zero-order chi connectivity index (χ0) is 20.8. The standard InChI is InChI=1S/C24H28N2O4.2ClH/c1-28-21-10-8-20-9-11-22(27)30-23(20)24(21)29-17-5-12-25-13-15-26(16-14-25)18-19-6-3-2-4-7-19;;/h2-4,6-11H,5,12-18H2,1H3;2*1H. The number of halogens is 2. The van der Waals surface area contributed by atoms with Crippen molar-refractivity contribution in [1.82, 2.24) is 9.80 Å². The summed E-state index contributed by atoms with van der Waals surface area (Å²) >= 11 is 0. The molecule has 0 aliphatic carbocycles. The van der Waals surface area contributed by atoms with Gasteiger partial charge in [-0.2, -0.15) is 0 Å². The Bertz CT molecular complexity index is 1020. The molecule has 1 fully saturated rings. The number of nitrogens with zero attached hydrogens (tertiary/aromatic N) is 2. The molecule has 0 bridgehead atoms. The van der Waals surface area contributed by atoms with Crippen molar-refractivity contribution in [2.24, 2.45) is 0 Å². The van der Waals surface area contributed by atoms with Gasteiger partial charge in [-0.25, -0.2) is 4.79 Å². The molecule has 32 heavy (non-hydrogen) atoms. The lowest BCUT2D eigenvalue weighted by Gasteiger charge is -2.34. The van der Waals surface area contributed by atoms with Crippen LogP contribution in [0.5, 0.6) is 11.5 Å². The molecule has 0 spiro atoms. The summed E-state index contributed by atoms with van der Waals surface area (Å²) in [6.07, 6.45) is 0.898. The highest BCUT2D eigenvalue weighted by molar-refractivity contribution is 5.86. The van der Waals surface area contributed by atoms with E-state index in [2.05, 4.69) is 40.1 Å². The van der Waals surface area contributed by atoms with Gasteiger partial charge in [-0.05, 0) is 30.2 Å². The summed E-state index contributed by atoms with van der Waals surface area (Å²) in [4.78, 5) is 16.6. The van der Waals surface area contributed by atoms with E-state index in [-0.39, 0.29) is 24.8 Å². The minimum atomic E-state index is -0.394. The fraction of sp³-hybridized carbons (Fsp3) is 0.375. The summed E-state index contributed by atoms with van der Waals surface area (Å²) < 4.78 is 16.8. The van der Waals surface area contributed by atoms with Crippen molar-refractivity contribution in [3.8, 4) is 11.5 Å². The Kier molecular flexibility index (Phi) is 10.3. The fourth-order valence-corrected chi connectivity index (χ4v) is 3.86. The molecular weight excluding hydrogens is 451 g/mol. The van der Waals surface area contributed by atoms with E-state index in [1.807, 2.05) is 12.1 Å². The maximum Gasteiger partial charge on any atom is 0.336 e. The molecule has 8 heteroatoms. The first-order valence-corrected chi connectivity index (χ1v) is 10.5. The Labute approximate surface area is 200 Å². The molecule has 1 aliphatic rings. The molecule has 0 saturated carbocycles. The number of methoxy groups -OCH3 is 1. The van der Waals surface area contributed by atoms with Crippen molar-refractivity contribution in [2.75, 3.05) is 46.4 Å². The zero-order valence-corrected chi connectivity index (χ0v) is 19.8. The highest BCUT2D eigenvalue weighted by atomic mass is 35.5. The molecule has 1 aromatic heterocycles. The smallest absolute Gasteiger partial charge is 0.336 e. The summed E-state index contributed by atoms with van der Waals surface area (Å²) in [7, 11) is 1.59. The Morgan fingerprint density at radius 3 is 2.31 bits per heavy atom. The van der Waals surface area contributed by atoms with Gasteiger partial charge in [0.05, 0.1) is 13.7 Å². The minimum Gasteiger partial charge on any atom is -0.493 e. The van der Waals surface area contributed by atoms with Crippen molar-refractivity contribution < 1.29 is 13.9 Å². The van der Waals surface area contributed by atoms with Crippen molar-refractivity contribution >= 4 is 35.8 Å². The van der Waals surface area contributed by atoms with Crippen LogP contribution in [0.3, 0.4) is 0 Å². The van der Waals surface area contributed by atoms with Crippen molar-refractivity contribution in [2.45, 2.75) is 13.0 Å². The van der Waals surface area contributed by atoms with E-state index in [0.29, 0.717) is 23.7 Å². The van der Waals surface area contributed by atoms with E-state index in [0.717, 1.165) is 51.1 Å². The Hall–Kier alpha value is -2.25. The first-order chi connectivity index (χ1) is 14.7. The predicted octanol–water partition coefficient (Wildman–Crippen LogP) is 4.23. The summed E-state index contributed by atoms with van der Waals surface area (Å²) in [5.74, 6) is 1.08. The van der Waals surface area contributed by atoms with E-state index in [1.54, 1.807) is 13.2 Å². The molecule has 4 rings (SSSR count). The van der Waals surface area contributed by atoms with Gasteiger partial charge in [0, 0.05) is 50.7 Å². The van der Waals surface area contributed by atoms with Gasteiger partial charge in [-0.1, -0.05) is 30.3 Å². The number of piperazine rings is 1. The van der Waals surface area contributed by atoms with Crippen molar-refractivity contribution in [1.29, 1.82) is 0 Å². The average molecular weight is 481 g/mol. The number of hydrogen-bond acceptors (Lipinski definition) is 6. The molecule has 0 N–H and O–H groups in total. The maximum absolute atomic E-state index is 11.6. The molecule has 0 radical (unpaired) electrons. The molecule has 2 heterocycles. The van der Waals surface area contributed by atoms with Gasteiger partial charge in [-0.15, -0.1) is 24.8 Å². The molecule has 6 nitrogen and oxygen atoms in total. The molecule has 1 saturated heterocycles. The number of hydrogen-bond donors (Lipinski definition) is 0. The van der Waals surface area contributed by atoms with Crippen LogP contribution >= 0.6 is 24.8 Å². The Balaban J connectivity index is 0.00000181. The van der Waals surface area contributed by atoms with Crippen LogP contribution in [0.1, 0.15) is 12.0 Å². The predicted molar refractivity (Wildman–Crippen MR) is 132 cm³/mol. The number of fused-ring (bicyclic) bond motifs is 1. The Morgan fingerprint density at radius 2 is 1.59 bits per heavy atom. The van der Waals surface area contributed by atoms with Crippen LogP contribution in [-0.2, 0) is 6.54 Å². The molecule has 0 amide bonds. The van der Waals surface area contributed by atoms with Crippen LogP contribution in [0.25, 0.3) is 11.0 Å². The minimum absolute atomic E-state index is 0. The third-order valence-electron chi connectivity index (χ3n) is 5.51. The first-order valence-electron chi connectivity index (χ1n) is 10.5. The zero-order valence-electron chi connectivity index (χ0n) is 18.2. The topological polar surface area (TPSA) is 55.2 Å². The van der Waals surface area contributed by atoms with Gasteiger partial charge in [0.25, 0.3) is 0 Å². The van der Waals surface area contributed by atoms with E-state index < -0.39 is 5.63 Å². The molecule has 2 aromatic carbocycles. The average Bonchev–Trinajstić information content (AvgIpc) is 2.78. The van der Waals surface area contributed by atoms with Gasteiger partial charge in [0.15, 0.2) is 11.3 Å². The molecule has 0 atom stereocenters. The highest BCUT2D eigenvalue weighted by Gasteiger charge is 2.17. The van der Waals surface area contributed by atoms with E-state index in [4.69, 9.17) is 13.9 Å². The van der Waals surface area contributed by atoms with Crippen LogP contribution in [0.4, 0.5) is 0 Å². The summed E-state index contributed by atoms with van der Waals surface area (Å²) in [5.41, 5.74) is 1.42. The van der Waals surface area contributed by atoms with Crippen molar-refractivity contribution in [3.05, 3.63) is 70.6 Å². The van der Waals surface area contributed by atoms with Crippen molar-refractivity contribution in [3.63, 3.8) is 0 Å². The van der Waals surface area contributed by atoms with Crippen LogP contribution in [0.15, 0.2) is 63.8 Å². The quantitative estimate of drug-likeness (QED) is 0.355. The van der Waals surface area contributed by atoms with Gasteiger partial charge >= 0.3 is 5.63 Å². The largest absolute Gasteiger partial charge is 0.493 e. The van der Waals surface area contributed by atoms with Crippen LogP contribution < -0.4 is 15.1 Å². The molecular formula is C24H30Cl2N2O4. The number of ether oxygens (including phenoxy) is 2. The molecule has 174 valence electrons. The second-order valence-corrected chi connectivity index (χ2v) is 7.58. The van der Waals surface area contributed by atoms with Crippen LogP contribution in [-0.4, -0.2) is 56.2 Å². The second kappa shape index (κ2) is 12.7. The lowest BCUT2D eigenvalue weighted by Crippen LogP contribution is -2.46. The summed E-state index contributed by atoms with van der Waals surface area (Å²) in [6, 6.07) is 17.5. The number of benzene rings is 2. The van der Waals surface area contributed by atoms with E-state index in [9.17, 15) is 4.79 Å². The Morgan fingerprint density at radius 1 is 0.906 bits per heavy atom. The van der Waals surface area contributed by atoms with Gasteiger partial charge in [0.2, 0.25) is 5.75 Å². The molecule has 3 aromatic rings. The summed E-state index contributed by atoms with van der Waals surface area (Å²) in [6.45, 7) is 6.84. The van der Waals surface area contributed by atoms with Crippen LogP contribution in [0, 0.1) is 0 Å². The SMILES string of the molecule is COc1ccc2ccc(=O)oc2c1OCCCN1CCN(Cc2ccccc2)CC1.Cl.Cl. The fourth-order valence-electron chi connectivity index (χ4n) is 3.86. The lowest BCUT2D eigenvalue weighted by molar-refractivity contribution is 0.121. The first kappa shape index (κ1) is 26.0. The van der Waals surface area contributed by atoms with Gasteiger partial charge in [-0.3, -0.25) is 4.90 Å². The van der Waals surface area contributed by atoms with Gasteiger partial charge in [0.1, 0.15) is 0 Å². The normalized spacial score (nSPS) is 14.4. The van der Waals surface area contributed by atoms with Gasteiger partial charge < -0.3 is 18.8 Å². The monoisotopic (exact) mass is 480 g/mol. The van der Waals surface area contributed by atoms with E-state index >= 15 is 0 Å². The number of rotatable bonds is 8. The summed E-state index contributed by atoms with van der Waals surface area (Å²) in [5, 5.41) is 0.819. The third kappa shape index (κ3) is 6.62. The molecule has 1 aliphatic heterocycles. The third-order valence-corrected chi connectivity index (χ3v) is 5.51. The second-order valence-electron chi connectivity index (χ2n) is 7.58. The lowest BCUT2D eigenvalue weighted by atomic mass is 10.2. The highest BCUT2D eigenvalue weighted by Crippen LogP contribution is 2.34. The molecule has 0 unspecified atom stereocenters. The van der Waals surface area contributed by atoms with E-state index in [1.165, 1.54) is 11.6 Å². The maximum atomic E-state index is 11.6. The van der Waals surface area contributed by atoms with Crippen LogP contribution in [0.2, 0.25) is 0 Å².